The minimum atomic E-state index is -1.22. The molecule has 4 atom stereocenters. The van der Waals surface area contributed by atoms with Crippen molar-refractivity contribution in [1.82, 2.24) is 10.6 Å². The Balaban J connectivity index is 1.67. The number of hydrogen-bond acceptors (Lipinski definition) is 8. The molecule has 0 spiro atoms. The first-order chi connectivity index (χ1) is 17.1. The smallest absolute Gasteiger partial charge is 0.242 e. The number of carbonyl (C=O) groups excluding carboxylic acids is 3. The Labute approximate surface area is 212 Å². The third-order valence-corrected chi connectivity index (χ3v) is 6.90. The van der Waals surface area contributed by atoms with Gasteiger partial charge in [-0.25, -0.2) is 0 Å². The van der Waals surface area contributed by atoms with Crippen molar-refractivity contribution in [2.24, 2.45) is 11.8 Å². The van der Waals surface area contributed by atoms with Crippen molar-refractivity contribution < 1.29 is 38.4 Å². The molecule has 200 valence electrons. The highest BCUT2D eigenvalue weighted by molar-refractivity contribution is 5.98. The molecule has 3 N–H and O–H groups in total. The number of ketones is 1. The minimum Gasteiger partial charge on any atom is -0.493 e. The average molecular weight is 507 g/mol. The molecule has 4 unspecified atom stereocenters. The van der Waals surface area contributed by atoms with Crippen molar-refractivity contribution in [3.63, 3.8) is 0 Å². The number of aliphatic hydroxyl groups excluding tert-OH is 1. The van der Waals surface area contributed by atoms with Gasteiger partial charge in [0, 0.05) is 11.5 Å². The van der Waals surface area contributed by atoms with Gasteiger partial charge in [0.15, 0.2) is 22.9 Å². The molecule has 0 bridgehead atoms. The number of nitrogens with one attached hydrogen (secondary N) is 2. The fraction of sp³-hybridized carbons (Fsp3) is 0.654. The molecule has 1 fully saturated rings. The van der Waals surface area contributed by atoms with Crippen LogP contribution in [-0.4, -0.2) is 74.9 Å². The van der Waals surface area contributed by atoms with Crippen LogP contribution in [0.25, 0.3) is 0 Å². The van der Waals surface area contributed by atoms with Gasteiger partial charge in [-0.3, -0.25) is 14.4 Å². The summed E-state index contributed by atoms with van der Waals surface area (Å²) in [5.41, 5.74) is 0.701. The molecule has 0 saturated carbocycles. The van der Waals surface area contributed by atoms with Gasteiger partial charge in [-0.1, -0.05) is 13.8 Å². The van der Waals surface area contributed by atoms with Crippen LogP contribution in [0, 0.1) is 11.8 Å². The zero-order valence-electron chi connectivity index (χ0n) is 21.9. The van der Waals surface area contributed by atoms with E-state index in [9.17, 15) is 19.5 Å². The summed E-state index contributed by atoms with van der Waals surface area (Å²) in [6, 6.07) is 0.258. The Morgan fingerprint density at radius 1 is 1.11 bits per heavy atom. The molecular formula is C26H38N2O8. The van der Waals surface area contributed by atoms with Gasteiger partial charge in [0.1, 0.15) is 6.04 Å². The number of fused-ring (bicyclic) bond motifs is 1. The molecular weight excluding hydrogens is 468 g/mol. The van der Waals surface area contributed by atoms with Crippen LogP contribution in [0.4, 0.5) is 0 Å². The largest absolute Gasteiger partial charge is 0.493 e. The highest BCUT2D eigenvalue weighted by Gasteiger charge is 2.54. The highest BCUT2D eigenvalue weighted by atomic mass is 16.6. The molecule has 1 aliphatic carbocycles. The molecule has 36 heavy (non-hydrogen) atoms. The van der Waals surface area contributed by atoms with Crippen molar-refractivity contribution in [2.75, 3.05) is 34.5 Å². The van der Waals surface area contributed by atoms with E-state index in [-0.39, 0.29) is 30.1 Å². The van der Waals surface area contributed by atoms with Crippen molar-refractivity contribution >= 4 is 17.6 Å². The van der Waals surface area contributed by atoms with E-state index in [2.05, 4.69) is 10.6 Å². The summed E-state index contributed by atoms with van der Waals surface area (Å²) in [6.45, 7) is 5.19. The van der Waals surface area contributed by atoms with Gasteiger partial charge in [0.25, 0.3) is 0 Å². The number of epoxide rings is 1. The molecule has 1 saturated heterocycles. The summed E-state index contributed by atoms with van der Waals surface area (Å²) in [4.78, 5) is 38.9. The normalized spacial score (nSPS) is 22.2. The predicted octanol–water partition coefficient (Wildman–Crippen LogP) is 1.18. The second kappa shape index (κ2) is 11.5. The second-order valence-corrected chi connectivity index (χ2v) is 9.95. The van der Waals surface area contributed by atoms with E-state index in [4.69, 9.17) is 18.9 Å². The molecule has 10 heteroatoms. The third kappa shape index (κ3) is 5.75. The van der Waals surface area contributed by atoms with E-state index in [1.165, 1.54) is 7.11 Å². The first kappa shape index (κ1) is 27.7. The lowest BCUT2D eigenvalue weighted by molar-refractivity contribution is -0.134. The minimum absolute atomic E-state index is 0.131. The lowest BCUT2D eigenvalue weighted by Gasteiger charge is -2.28. The number of Topliss-reactive ketones (excluding diaryl/α,β-unsaturated/α-hetero) is 1. The van der Waals surface area contributed by atoms with Crippen LogP contribution in [-0.2, 0) is 32.0 Å². The molecule has 1 aromatic carbocycles. The number of methoxy groups -OCH3 is 3. The number of rotatable bonds is 12. The van der Waals surface area contributed by atoms with E-state index >= 15 is 0 Å². The maximum absolute atomic E-state index is 13.1. The van der Waals surface area contributed by atoms with Crippen molar-refractivity contribution in [3.05, 3.63) is 17.2 Å². The van der Waals surface area contributed by atoms with Crippen molar-refractivity contribution in [1.29, 1.82) is 0 Å². The molecule has 1 aliphatic heterocycles. The fourth-order valence-corrected chi connectivity index (χ4v) is 4.73. The van der Waals surface area contributed by atoms with Crippen molar-refractivity contribution in [3.8, 4) is 17.2 Å². The van der Waals surface area contributed by atoms with Gasteiger partial charge >= 0.3 is 0 Å². The zero-order valence-corrected chi connectivity index (χ0v) is 21.9. The second-order valence-electron chi connectivity index (χ2n) is 9.95. The highest BCUT2D eigenvalue weighted by Crippen LogP contribution is 2.45. The summed E-state index contributed by atoms with van der Waals surface area (Å²) in [5.74, 6) is 0.328. The van der Waals surface area contributed by atoms with Gasteiger partial charge in [-0.2, -0.15) is 0 Å². The summed E-state index contributed by atoms with van der Waals surface area (Å²) in [5, 5.41) is 15.1. The van der Waals surface area contributed by atoms with Crippen LogP contribution < -0.4 is 24.8 Å². The van der Waals surface area contributed by atoms with E-state index in [0.717, 1.165) is 11.1 Å². The standard InChI is InChI=1S/C26H38N2O8/c1-14(2)9-19(23(30)26(12-29)13-36-26)28-24(31)15(3)27-25(32)17-8-7-16-11-20(33-4)22(35-6)21(34-5)18(16)10-17/h11,14-15,17,19,29H,7-10,12-13H2,1-6H3,(H,27,32)(H,28,31). The van der Waals surface area contributed by atoms with Gasteiger partial charge in [-0.05, 0) is 50.2 Å². The number of hydrogen-bond donors (Lipinski definition) is 3. The summed E-state index contributed by atoms with van der Waals surface area (Å²) >= 11 is 0. The molecule has 3 rings (SSSR count). The SMILES string of the molecule is COc1cc2c(c(OC)c1OC)CC(C(=O)NC(C)C(=O)NC(CC(C)C)C(=O)C1(CO)CO1)CC2. The van der Waals surface area contributed by atoms with E-state index in [1.807, 2.05) is 19.9 Å². The van der Waals surface area contributed by atoms with Gasteiger partial charge in [0.05, 0.1) is 40.6 Å². The Bertz CT molecular complexity index is 989. The number of aryl methyl sites for hydroxylation is 1. The lowest BCUT2D eigenvalue weighted by Crippen LogP contribution is -2.54. The number of amides is 2. The molecule has 2 aliphatic rings. The Morgan fingerprint density at radius 3 is 2.31 bits per heavy atom. The summed E-state index contributed by atoms with van der Waals surface area (Å²) in [7, 11) is 4.65. The summed E-state index contributed by atoms with van der Waals surface area (Å²) < 4.78 is 21.7. The van der Waals surface area contributed by atoms with Gasteiger partial charge in [-0.15, -0.1) is 0 Å². The van der Waals surface area contributed by atoms with Gasteiger partial charge in [0.2, 0.25) is 17.6 Å². The Kier molecular flexibility index (Phi) is 8.84. The number of ether oxygens (including phenoxy) is 4. The van der Waals surface area contributed by atoms with E-state index < -0.39 is 30.2 Å². The average Bonchev–Trinajstić information content (AvgIpc) is 3.67. The van der Waals surface area contributed by atoms with Crippen molar-refractivity contribution in [2.45, 2.75) is 64.1 Å². The van der Waals surface area contributed by atoms with Crippen LogP contribution in [0.15, 0.2) is 6.07 Å². The van der Waals surface area contributed by atoms with Crippen LogP contribution in [0.2, 0.25) is 0 Å². The van der Waals surface area contributed by atoms with Crippen LogP contribution in [0.5, 0.6) is 17.2 Å². The van der Waals surface area contributed by atoms with Crippen LogP contribution >= 0.6 is 0 Å². The van der Waals surface area contributed by atoms with Crippen LogP contribution in [0.1, 0.15) is 44.7 Å². The molecule has 0 aromatic heterocycles. The molecule has 1 heterocycles. The lowest BCUT2D eigenvalue weighted by atomic mass is 9.82. The predicted molar refractivity (Wildman–Crippen MR) is 131 cm³/mol. The monoisotopic (exact) mass is 506 g/mol. The number of carbonyl (C=O) groups is 3. The summed E-state index contributed by atoms with van der Waals surface area (Å²) in [6.07, 6.45) is 2.10. The first-order valence-corrected chi connectivity index (χ1v) is 12.3. The first-order valence-electron chi connectivity index (χ1n) is 12.3. The fourth-order valence-electron chi connectivity index (χ4n) is 4.73. The maximum Gasteiger partial charge on any atom is 0.242 e. The van der Waals surface area contributed by atoms with E-state index in [0.29, 0.717) is 42.9 Å². The maximum atomic E-state index is 13.1. The number of aliphatic hydroxyl groups is 1. The molecule has 1 aromatic rings. The Hall–Kier alpha value is -2.85. The third-order valence-electron chi connectivity index (χ3n) is 6.90. The van der Waals surface area contributed by atoms with Gasteiger partial charge < -0.3 is 34.7 Å². The number of benzene rings is 1. The zero-order chi connectivity index (χ0) is 26.6. The quantitative estimate of drug-likeness (QED) is 0.360. The Morgan fingerprint density at radius 2 is 1.78 bits per heavy atom. The van der Waals surface area contributed by atoms with E-state index in [1.54, 1.807) is 21.1 Å². The van der Waals surface area contributed by atoms with Crippen LogP contribution in [0.3, 0.4) is 0 Å². The molecule has 0 radical (unpaired) electrons. The topological polar surface area (TPSA) is 136 Å². The molecule has 10 nitrogen and oxygen atoms in total. The molecule has 2 amide bonds.